The van der Waals surface area contributed by atoms with Crippen LogP contribution in [-0.2, 0) is 4.79 Å². The van der Waals surface area contributed by atoms with E-state index in [0.29, 0.717) is 18.5 Å². The summed E-state index contributed by atoms with van der Waals surface area (Å²) in [6.07, 6.45) is 0.985. The number of amides is 2. The number of hydrogen-bond donors (Lipinski definition) is 2. The molecule has 0 aliphatic carbocycles. The van der Waals surface area contributed by atoms with Gasteiger partial charge in [0.05, 0.1) is 0 Å². The van der Waals surface area contributed by atoms with Gasteiger partial charge in [0.2, 0.25) is 0 Å². The summed E-state index contributed by atoms with van der Waals surface area (Å²) < 4.78 is 13.0. The van der Waals surface area contributed by atoms with Crippen LogP contribution in [0.15, 0.2) is 24.3 Å². The summed E-state index contributed by atoms with van der Waals surface area (Å²) in [6.45, 7) is 1.83. The molecule has 19 heavy (non-hydrogen) atoms. The fourth-order valence-corrected chi connectivity index (χ4v) is 1.59. The van der Waals surface area contributed by atoms with E-state index in [2.05, 4.69) is 5.32 Å². The Kier molecular flexibility index (Phi) is 5.29. The SMILES string of the molecule is CCC[C@@H](NC(=O)N(C)c1cccc(F)c1)C(=O)O. The molecule has 0 aromatic heterocycles. The zero-order chi connectivity index (χ0) is 14.4. The van der Waals surface area contributed by atoms with Crippen LogP contribution in [0.4, 0.5) is 14.9 Å². The molecule has 0 heterocycles. The van der Waals surface area contributed by atoms with Crippen molar-refractivity contribution in [1.29, 1.82) is 0 Å². The first-order chi connectivity index (χ1) is 8.95. The summed E-state index contributed by atoms with van der Waals surface area (Å²) in [6, 6.07) is 4.01. The third kappa shape index (κ3) is 4.24. The second-order valence-corrected chi connectivity index (χ2v) is 4.17. The van der Waals surface area contributed by atoms with Crippen molar-refractivity contribution >= 4 is 17.7 Å². The summed E-state index contributed by atoms with van der Waals surface area (Å²) in [7, 11) is 1.45. The number of rotatable bonds is 5. The van der Waals surface area contributed by atoms with Gasteiger partial charge in [-0.25, -0.2) is 14.0 Å². The molecule has 1 aromatic rings. The van der Waals surface area contributed by atoms with Crippen molar-refractivity contribution in [1.82, 2.24) is 5.32 Å². The zero-order valence-electron chi connectivity index (χ0n) is 10.9. The van der Waals surface area contributed by atoms with E-state index in [1.807, 2.05) is 6.92 Å². The van der Waals surface area contributed by atoms with Gasteiger partial charge in [0, 0.05) is 12.7 Å². The highest BCUT2D eigenvalue weighted by Gasteiger charge is 2.21. The Bertz CT molecular complexity index is 465. The van der Waals surface area contributed by atoms with Crippen molar-refractivity contribution in [2.24, 2.45) is 0 Å². The topological polar surface area (TPSA) is 69.6 Å². The molecule has 0 radical (unpaired) electrons. The number of anilines is 1. The summed E-state index contributed by atoms with van der Waals surface area (Å²) >= 11 is 0. The molecule has 1 atom stereocenters. The van der Waals surface area contributed by atoms with E-state index in [9.17, 15) is 14.0 Å². The second-order valence-electron chi connectivity index (χ2n) is 4.17. The minimum absolute atomic E-state index is 0.345. The molecule has 5 nitrogen and oxygen atoms in total. The molecule has 104 valence electrons. The minimum Gasteiger partial charge on any atom is -0.480 e. The van der Waals surface area contributed by atoms with Crippen LogP contribution in [0.25, 0.3) is 0 Å². The van der Waals surface area contributed by atoms with E-state index >= 15 is 0 Å². The quantitative estimate of drug-likeness (QED) is 0.860. The minimum atomic E-state index is -1.08. The number of aliphatic carboxylic acids is 1. The van der Waals surface area contributed by atoms with E-state index in [-0.39, 0.29) is 0 Å². The molecule has 1 aromatic carbocycles. The van der Waals surface area contributed by atoms with Crippen LogP contribution in [0.3, 0.4) is 0 Å². The predicted octanol–water partition coefficient (Wildman–Crippen LogP) is 2.22. The third-order valence-electron chi connectivity index (χ3n) is 2.67. The van der Waals surface area contributed by atoms with Gasteiger partial charge in [-0.3, -0.25) is 4.90 Å². The predicted molar refractivity (Wildman–Crippen MR) is 69.7 cm³/mol. The standard InChI is InChI=1S/C13H17FN2O3/c1-3-5-11(12(17)18)15-13(19)16(2)10-7-4-6-9(14)8-10/h4,6-8,11H,3,5H2,1-2H3,(H,15,19)(H,17,18)/t11-/m1/s1. The first kappa shape index (κ1) is 14.9. The van der Waals surface area contributed by atoms with Gasteiger partial charge in [0.25, 0.3) is 0 Å². The van der Waals surface area contributed by atoms with Gasteiger partial charge in [-0.05, 0) is 24.6 Å². The van der Waals surface area contributed by atoms with Gasteiger partial charge in [-0.2, -0.15) is 0 Å². The van der Waals surface area contributed by atoms with Crippen LogP contribution in [0.1, 0.15) is 19.8 Å². The van der Waals surface area contributed by atoms with Gasteiger partial charge in [0.15, 0.2) is 0 Å². The molecule has 0 saturated carbocycles. The first-order valence-corrected chi connectivity index (χ1v) is 5.98. The maximum Gasteiger partial charge on any atom is 0.326 e. The lowest BCUT2D eigenvalue weighted by Gasteiger charge is -2.21. The molecular formula is C13H17FN2O3. The van der Waals surface area contributed by atoms with E-state index in [1.54, 1.807) is 6.07 Å². The monoisotopic (exact) mass is 268 g/mol. The Morgan fingerprint density at radius 3 is 2.68 bits per heavy atom. The molecule has 2 amide bonds. The number of carbonyl (C=O) groups is 2. The molecule has 1 rings (SSSR count). The van der Waals surface area contributed by atoms with Crippen LogP contribution in [0.2, 0.25) is 0 Å². The number of hydrogen-bond acceptors (Lipinski definition) is 2. The maximum absolute atomic E-state index is 13.0. The van der Waals surface area contributed by atoms with E-state index in [4.69, 9.17) is 5.11 Å². The summed E-state index contributed by atoms with van der Waals surface area (Å²) in [5.74, 6) is -1.54. The first-order valence-electron chi connectivity index (χ1n) is 5.98. The van der Waals surface area contributed by atoms with Gasteiger partial charge >= 0.3 is 12.0 Å². The van der Waals surface area contributed by atoms with E-state index in [1.165, 1.54) is 30.1 Å². The second kappa shape index (κ2) is 6.72. The van der Waals surface area contributed by atoms with Crippen LogP contribution in [0.5, 0.6) is 0 Å². The van der Waals surface area contributed by atoms with Crippen LogP contribution < -0.4 is 10.2 Å². The number of benzene rings is 1. The Balaban J connectivity index is 2.74. The average molecular weight is 268 g/mol. The fraction of sp³-hybridized carbons (Fsp3) is 0.385. The van der Waals surface area contributed by atoms with Crippen LogP contribution >= 0.6 is 0 Å². The molecule has 0 aliphatic heterocycles. The molecule has 0 spiro atoms. The maximum atomic E-state index is 13.0. The smallest absolute Gasteiger partial charge is 0.326 e. The molecule has 0 fully saturated rings. The number of carbonyl (C=O) groups excluding carboxylic acids is 1. The molecule has 0 unspecified atom stereocenters. The van der Waals surface area contributed by atoms with Crippen LogP contribution in [-0.4, -0.2) is 30.2 Å². The number of nitrogens with zero attached hydrogens (tertiary/aromatic N) is 1. The molecule has 2 N–H and O–H groups in total. The zero-order valence-corrected chi connectivity index (χ0v) is 10.9. The van der Waals surface area contributed by atoms with Crippen molar-refractivity contribution in [2.75, 3.05) is 11.9 Å². The third-order valence-corrected chi connectivity index (χ3v) is 2.67. The fourth-order valence-electron chi connectivity index (χ4n) is 1.59. The summed E-state index contributed by atoms with van der Waals surface area (Å²) in [5, 5.41) is 11.4. The van der Waals surface area contributed by atoms with Crippen molar-refractivity contribution in [2.45, 2.75) is 25.8 Å². The molecule has 0 saturated heterocycles. The van der Waals surface area contributed by atoms with Crippen molar-refractivity contribution in [3.05, 3.63) is 30.1 Å². The highest BCUT2D eigenvalue weighted by molar-refractivity contribution is 5.93. The van der Waals surface area contributed by atoms with Gasteiger partial charge in [-0.15, -0.1) is 0 Å². The highest BCUT2D eigenvalue weighted by Crippen LogP contribution is 2.14. The molecular weight excluding hydrogens is 251 g/mol. The Morgan fingerprint density at radius 1 is 1.47 bits per heavy atom. The Hall–Kier alpha value is -2.11. The van der Waals surface area contributed by atoms with Gasteiger partial charge < -0.3 is 10.4 Å². The lowest BCUT2D eigenvalue weighted by atomic mass is 10.2. The number of carboxylic acid groups (broad SMARTS) is 1. The number of carboxylic acids is 1. The normalized spacial score (nSPS) is 11.7. The molecule has 0 bridgehead atoms. The van der Waals surface area contributed by atoms with Crippen LogP contribution in [0, 0.1) is 5.82 Å². The highest BCUT2D eigenvalue weighted by atomic mass is 19.1. The largest absolute Gasteiger partial charge is 0.480 e. The van der Waals surface area contributed by atoms with Crippen molar-refractivity contribution in [3.63, 3.8) is 0 Å². The van der Waals surface area contributed by atoms with Gasteiger partial charge in [0.1, 0.15) is 11.9 Å². The van der Waals surface area contributed by atoms with E-state index < -0.39 is 23.9 Å². The van der Waals surface area contributed by atoms with Crippen molar-refractivity contribution in [3.8, 4) is 0 Å². The van der Waals surface area contributed by atoms with E-state index in [0.717, 1.165) is 0 Å². The molecule has 6 heteroatoms. The van der Waals surface area contributed by atoms with Gasteiger partial charge in [-0.1, -0.05) is 19.4 Å². The Labute approximate surface area is 111 Å². The number of halogens is 1. The Morgan fingerprint density at radius 2 is 2.16 bits per heavy atom. The molecule has 0 aliphatic rings. The lowest BCUT2D eigenvalue weighted by Crippen LogP contribution is -2.46. The van der Waals surface area contributed by atoms with Crippen molar-refractivity contribution < 1.29 is 19.1 Å². The summed E-state index contributed by atoms with van der Waals surface area (Å²) in [4.78, 5) is 24.0. The number of nitrogens with one attached hydrogen (secondary N) is 1. The lowest BCUT2D eigenvalue weighted by molar-refractivity contribution is -0.139. The average Bonchev–Trinajstić information content (AvgIpc) is 2.37. The summed E-state index contributed by atoms with van der Waals surface area (Å²) in [5.41, 5.74) is 0.359. The number of urea groups is 1.